The summed E-state index contributed by atoms with van der Waals surface area (Å²) < 4.78 is 0.994. The zero-order chi connectivity index (χ0) is 12.1. The van der Waals surface area contributed by atoms with Gasteiger partial charge >= 0.3 is 0 Å². The third-order valence-electron chi connectivity index (χ3n) is 3.27. The Morgan fingerprint density at radius 3 is 2.76 bits per heavy atom. The maximum atomic E-state index is 8.90. The summed E-state index contributed by atoms with van der Waals surface area (Å²) in [7, 11) is 0. The maximum Gasteiger partial charge on any atom is 0.0871 e. The fourth-order valence-electron chi connectivity index (χ4n) is 2.38. The number of nitriles is 1. The third-order valence-corrected chi connectivity index (χ3v) is 3.74. The van der Waals surface area contributed by atoms with Gasteiger partial charge in [-0.2, -0.15) is 5.26 Å². The SMILES string of the molecule is N#CCN(Cc1ccc(Br)cn1)C1CCCC1. The third kappa shape index (κ3) is 3.52. The smallest absolute Gasteiger partial charge is 0.0871 e. The van der Waals surface area contributed by atoms with Crippen molar-refractivity contribution in [1.82, 2.24) is 9.88 Å². The molecule has 0 aromatic carbocycles. The molecule has 0 aliphatic heterocycles. The van der Waals surface area contributed by atoms with Crippen LogP contribution in [-0.4, -0.2) is 22.5 Å². The second-order valence-electron chi connectivity index (χ2n) is 4.47. The largest absolute Gasteiger partial charge is 0.282 e. The van der Waals surface area contributed by atoms with E-state index in [1.807, 2.05) is 18.3 Å². The normalized spacial score (nSPS) is 16.3. The van der Waals surface area contributed by atoms with Crippen molar-refractivity contribution in [2.24, 2.45) is 0 Å². The second kappa shape index (κ2) is 6.13. The lowest BCUT2D eigenvalue weighted by atomic mass is 10.2. The lowest BCUT2D eigenvalue weighted by molar-refractivity contribution is 0.211. The summed E-state index contributed by atoms with van der Waals surface area (Å²) in [5.41, 5.74) is 1.04. The number of aromatic nitrogens is 1. The number of nitrogens with zero attached hydrogens (tertiary/aromatic N) is 3. The minimum atomic E-state index is 0.502. The van der Waals surface area contributed by atoms with Crippen molar-refractivity contribution in [3.8, 4) is 6.07 Å². The Bertz CT molecular complexity index is 390. The van der Waals surface area contributed by atoms with Gasteiger partial charge in [-0.15, -0.1) is 0 Å². The van der Waals surface area contributed by atoms with E-state index < -0.39 is 0 Å². The minimum absolute atomic E-state index is 0.502. The molecule has 0 unspecified atom stereocenters. The fraction of sp³-hybridized carbons (Fsp3) is 0.538. The molecule has 0 atom stereocenters. The van der Waals surface area contributed by atoms with Gasteiger partial charge in [-0.3, -0.25) is 9.88 Å². The van der Waals surface area contributed by atoms with Crippen LogP contribution in [0.15, 0.2) is 22.8 Å². The van der Waals surface area contributed by atoms with Crippen LogP contribution >= 0.6 is 15.9 Å². The Kier molecular flexibility index (Phi) is 4.52. The first kappa shape index (κ1) is 12.5. The minimum Gasteiger partial charge on any atom is -0.282 e. The number of pyridine rings is 1. The molecule has 0 radical (unpaired) electrons. The van der Waals surface area contributed by atoms with Gasteiger partial charge in [0.25, 0.3) is 0 Å². The van der Waals surface area contributed by atoms with Gasteiger partial charge in [0, 0.05) is 23.3 Å². The van der Waals surface area contributed by atoms with E-state index in [-0.39, 0.29) is 0 Å². The van der Waals surface area contributed by atoms with E-state index in [4.69, 9.17) is 5.26 Å². The molecule has 0 saturated heterocycles. The van der Waals surface area contributed by atoms with Gasteiger partial charge < -0.3 is 0 Å². The summed E-state index contributed by atoms with van der Waals surface area (Å²) in [4.78, 5) is 6.63. The van der Waals surface area contributed by atoms with E-state index in [2.05, 4.69) is 31.9 Å². The monoisotopic (exact) mass is 293 g/mol. The van der Waals surface area contributed by atoms with E-state index in [0.717, 1.165) is 16.7 Å². The van der Waals surface area contributed by atoms with Crippen molar-refractivity contribution >= 4 is 15.9 Å². The Hall–Kier alpha value is -0.920. The lowest BCUT2D eigenvalue weighted by Crippen LogP contribution is -2.33. The van der Waals surface area contributed by atoms with Crippen LogP contribution in [0.4, 0.5) is 0 Å². The topological polar surface area (TPSA) is 39.9 Å². The average molecular weight is 294 g/mol. The Morgan fingerprint density at radius 1 is 1.41 bits per heavy atom. The molecule has 0 amide bonds. The molecule has 17 heavy (non-hydrogen) atoms. The summed E-state index contributed by atoms with van der Waals surface area (Å²) in [5.74, 6) is 0. The van der Waals surface area contributed by atoms with E-state index >= 15 is 0 Å². The van der Waals surface area contributed by atoms with Crippen LogP contribution < -0.4 is 0 Å². The zero-order valence-corrected chi connectivity index (χ0v) is 11.4. The fourth-order valence-corrected chi connectivity index (χ4v) is 2.62. The molecule has 1 aromatic rings. The molecule has 1 aliphatic carbocycles. The predicted octanol–water partition coefficient (Wildman–Crippen LogP) is 3.11. The van der Waals surface area contributed by atoms with Crippen molar-refractivity contribution in [1.29, 1.82) is 5.26 Å². The van der Waals surface area contributed by atoms with Crippen molar-refractivity contribution in [2.45, 2.75) is 38.3 Å². The molecule has 1 fully saturated rings. The van der Waals surface area contributed by atoms with Crippen molar-refractivity contribution < 1.29 is 0 Å². The second-order valence-corrected chi connectivity index (χ2v) is 5.38. The Balaban J connectivity index is 2.01. The van der Waals surface area contributed by atoms with Crippen LogP contribution in [0.2, 0.25) is 0 Å². The van der Waals surface area contributed by atoms with E-state index in [1.54, 1.807) is 0 Å². The highest BCUT2D eigenvalue weighted by atomic mass is 79.9. The summed E-state index contributed by atoms with van der Waals surface area (Å²) in [5, 5.41) is 8.90. The van der Waals surface area contributed by atoms with Gasteiger partial charge in [-0.25, -0.2) is 0 Å². The van der Waals surface area contributed by atoms with Crippen molar-refractivity contribution in [3.63, 3.8) is 0 Å². The highest BCUT2D eigenvalue weighted by Gasteiger charge is 2.22. The van der Waals surface area contributed by atoms with Crippen LogP contribution in [0.5, 0.6) is 0 Å². The van der Waals surface area contributed by atoms with Crippen molar-refractivity contribution in [2.75, 3.05) is 6.54 Å². The summed E-state index contributed by atoms with van der Waals surface area (Å²) in [6, 6.07) is 6.85. The molecule has 0 bridgehead atoms. The van der Waals surface area contributed by atoms with Gasteiger partial charge in [0.05, 0.1) is 18.3 Å². The van der Waals surface area contributed by atoms with Gasteiger partial charge in [0.2, 0.25) is 0 Å². The Labute approximate surface area is 111 Å². The number of halogens is 1. The first-order valence-corrected chi connectivity index (χ1v) is 6.80. The highest BCUT2D eigenvalue weighted by Crippen LogP contribution is 2.24. The quantitative estimate of drug-likeness (QED) is 0.801. The van der Waals surface area contributed by atoms with Crippen LogP contribution in [0, 0.1) is 11.3 Å². The van der Waals surface area contributed by atoms with Crippen LogP contribution in [0.1, 0.15) is 31.4 Å². The lowest BCUT2D eigenvalue weighted by Gasteiger charge is -2.25. The molecule has 1 heterocycles. The van der Waals surface area contributed by atoms with E-state index in [9.17, 15) is 0 Å². The van der Waals surface area contributed by atoms with Crippen molar-refractivity contribution in [3.05, 3.63) is 28.5 Å². The molecule has 1 saturated carbocycles. The van der Waals surface area contributed by atoms with Gasteiger partial charge in [-0.05, 0) is 40.9 Å². The summed E-state index contributed by atoms with van der Waals surface area (Å²) in [6.45, 7) is 1.29. The molecule has 0 spiro atoms. The highest BCUT2D eigenvalue weighted by molar-refractivity contribution is 9.10. The van der Waals surface area contributed by atoms with Crippen LogP contribution in [0.25, 0.3) is 0 Å². The van der Waals surface area contributed by atoms with Gasteiger partial charge in [0.15, 0.2) is 0 Å². The summed E-state index contributed by atoms with van der Waals surface area (Å²) in [6.07, 6.45) is 6.84. The summed E-state index contributed by atoms with van der Waals surface area (Å²) >= 11 is 3.38. The predicted molar refractivity (Wildman–Crippen MR) is 70.2 cm³/mol. The first-order chi connectivity index (χ1) is 8.29. The number of rotatable bonds is 4. The molecule has 1 aromatic heterocycles. The first-order valence-electron chi connectivity index (χ1n) is 6.01. The standard InChI is InChI=1S/C13H16BrN3/c14-11-5-6-12(16-9-11)10-17(8-7-15)13-3-1-2-4-13/h5-6,9,13H,1-4,8,10H2. The van der Waals surface area contributed by atoms with E-state index in [1.165, 1.54) is 25.7 Å². The van der Waals surface area contributed by atoms with Crippen LogP contribution in [0.3, 0.4) is 0 Å². The molecule has 0 N–H and O–H groups in total. The average Bonchev–Trinajstić information content (AvgIpc) is 2.85. The zero-order valence-electron chi connectivity index (χ0n) is 9.77. The Morgan fingerprint density at radius 2 is 2.18 bits per heavy atom. The molecule has 3 nitrogen and oxygen atoms in total. The molecule has 4 heteroatoms. The molecular formula is C13H16BrN3. The molecular weight excluding hydrogens is 278 g/mol. The molecule has 2 rings (SSSR count). The molecule has 90 valence electrons. The molecule has 1 aliphatic rings. The van der Waals surface area contributed by atoms with Crippen LogP contribution in [-0.2, 0) is 6.54 Å². The van der Waals surface area contributed by atoms with E-state index in [0.29, 0.717) is 12.6 Å². The van der Waals surface area contributed by atoms with Gasteiger partial charge in [-0.1, -0.05) is 12.8 Å². The maximum absolute atomic E-state index is 8.90. The number of hydrogen-bond acceptors (Lipinski definition) is 3. The van der Waals surface area contributed by atoms with Gasteiger partial charge in [0.1, 0.15) is 0 Å². The number of hydrogen-bond donors (Lipinski definition) is 0.